The lowest BCUT2D eigenvalue weighted by molar-refractivity contribution is -0.387. The molecule has 0 aliphatic rings. The van der Waals surface area contributed by atoms with E-state index < -0.39 is 4.92 Å². The molecule has 0 radical (unpaired) electrons. The molecule has 7 heteroatoms. The Morgan fingerprint density at radius 3 is 2.93 bits per heavy atom. The minimum atomic E-state index is -0.421. The van der Waals surface area contributed by atoms with Crippen molar-refractivity contribution in [2.45, 2.75) is 4.90 Å². The molecular formula is C8H8N4O2S. The molecule has 0 saturated heterocycles. The van der Waals surface area contributed by atoms with Gasteiger partial charge in [0.1, 0.15) is 0 Å². The summed E-state index contributed by atoms with van der Waals surface area (Å²) in [5, 5.41) is 14.0. The maximum absolute atomic E-state index is 10.6. The fourth-order valence-corrected chi connectivity index (χ4v) is 1.83. The minimum absolute atomic E-state index is 0.0865. The van der Waals surface area contributed by atoms with Crippen molar-refractivity contribution in [1.82, 2.24) is 0 Å². The van der Waals surface area contributed by atoms with E-state index in [4.69, 9.17) is 5.53 Å². The van der Waals surface area contributed by atoms with Crippen molar-refractivity contribution in [1.29, 1.82) is 0 Å². The zero-order valence-electron chi connectivity index (χ0n) is 7.74. The van der Waals surface area contributed by atoms with Crippen molar-refractivity contribution in [2.24, 2.45) is 5.11 Å². The van der Waals surface area contributed by atoms with E-state index in [-0.39, 0.29) is 5.69 Å². The van der Waals surface area contributed by atoms with E-state index in [9.17, 15) is 10.1 Å². The highest BCUT2D eigenvalue weighted by atomic mass is 32.2. The molecule has 0 aliphatic carbocycles. The van der Waals surface area contributed by atoms with Gasteiger partial charge in [-0.1, -0.05) is 17.2 Å². The minimum Gasteiger partial charge on any atom is -0.258 e. The summed E-state index contributed by atoms with van der Waals surface area (Å²) < 4.78 is 0. The number of thioether (sulfide) groups is 1. The summed E-state index contributed by atoms with van der Waals surface area (Å²) in [5.41, 5.74) is 8.13. The molecule has 0 amide bonds. The molecule has 0 N–H and O–H groups in total. The van der Waals surface area contributed by atoms with Crippen molar-refractivity contribution in [3.8, 4) is 0 Å². The molecule has 0 fully saturated rings. The number of para-hydroxylation sites is 1. The van der Waals surface area contributed by atoms with E-state index >= 15 is 0 Å². The van der Waals surface area contributed by atoms with Crippen LogP contribution < -0.4 is 0 Å². The average Bonchev–Trinajstić information content (AvgIpc) is 2.25. The Morgan fingerprint density at radius 1 is 1.53 bits per heavy atom. The van der Waals surface area contributed by atoms with E-state index in [1.165, 1.54) is 17.8 Å². The van der Waals surface area contributed by atoms with Gasteiger partial charge in [0.05, 0.1) is 9.82 Å². The van der Waals surface area contributed by atoms with Gasteiger partial charge in [-0.15, -0.1) is 11.8 Å². The first kappa shape index (κ1) is 11.4. The summed E-state index contributed by atoms with van der Waals surface area (Å²) in [6, 6.07) is 6.49. The third-order valence-electron chi connectivity index (χ3n) is 1.57. The van der Waals surface area contributed by atoms with Crippen LogP contribution in [-0.2, 0) is 0 Å². The lowest BCUT2D eigenvalue weighted by Gasteiger charge is -1.99. The number of nitrogens with zero attached hydrogens (tertiary/aromatic N) is 4. The highest BCUT2D eigenvalue weighted by Crippen LogP contribution is 2.28. The second-order valence-corrected chi connectivity index (χ2v) is 3.66. The van der Waals surface area contributed by atoms with Crippen molar-refractivity contribution in [3.05, 3.63) is 44.8 Å². The Balaban J connectivity index is 2.67. The monoisotopic (exact) mass is 224 g/mol. The van der Waals surface area contributed by atoms with Gasteiger partial charge >= 0.3 is 0 Å². The summed E-state index contributed by atoms with van der Waals surface area (Å²) in [4.78, 5) is 13.4. The van der Waals surface area contributed by atoms with Crippen molar-refractivity contribution in [2.75, 3.05) is 12.3 Å². The van der Waals surface area contributed by atoms with E-state index in [0.717, 1.165) is 0 Å². The summed E-state index contributed by atoms with van der Waals surface area (Å²) in [6.45, 7) is 0.327. The quantitative estimate of drug-likeness (QED) is 0.146. The normalized spacial score (nSPS) is 9.33. The second kappa shape index (κ2) is 5.90. The highest BCUT2D eigenvalue weighted by Gasteiger charge is 2.11. The predicted octanol–water partition coefficient (Wildman–Crippen LogP) is 3.00. The summed E-state index contributed by atoms with van der Waals surface area (Å²) in [6.07, 6.45) is 0. The zero-order valence-corrected chi connectivity index (χ0v) is 8.55. The van der Waals surface area contributed by atoms with Crippen LogP contribution in [0.3, 0.4) is 0 Å². The van der Waals surface area contributed by atoms with Gasteiger partial charge in [0, 0.05) is 23.3 Å². The Kier molecular flexibility index (Phi) is 4.46. The molecule has 15 heavy (non-hydrogen) atoms. The molecule has 6 nitrogen and oxygen atoms in total. The number of hydrogen-bond acceptors (Lipinski definition) is 4. The number of azide groups is 1. The van der Waals surface area contributed by atoms with Gasteiger partial charge in [-0.3, -0.25) is 10.1 Å². The Morgan fingerprint density at radius 2 is 2.27 bits per heavy atom. The van der Waals surface area contributed by atoms with Crippen LogP contribution in [0.5, 0.6) is 0 Å². The van der Waals surface area contributed by atoms with Crippen LogP contribution in [0.4, 0.5) is 5.69 Å². The third-order valence-corrected chi connectivity index (χ3v) is 2.62. The standard InChI is InChI=1S/C8H8N4O2S/c9-11-10-5-6-15-8-4-2-1-3-7(8)12(13)14/h1-4H,5-6H2. The molecule has 0 aromatic heterocycles. The highest BCUT2D eigenvalue weighted by molar-refractivity contribution is 7.99. The molecule has 0 bridgehead atoms. The van der Waals surface area contributed by atoms with Gasteiger partial charge in [0.25, 0.3) is 5.69 Å². The van der Waals surface area contributed by atoms with Gasteiger partial charge < -0.3 is 0 Å². The molecule has 0 heterocycles. The third kappa shape index (κ3) is 3.49. The number of nitro groups is 1. The van der Waals surface area contributed by atoms with Crippen LogP contribution >= 0.6 is 11.8 Å². The fraction of sp³-hybridized carbons (Fsp3) is 0.250. The largest absolute Gasteiger partial charge is 0.282 e. The van der Waals surface area contributed by atoms with Crippen LogP contribution in [-0.4, -0.2) is 17.2 Å². The smallest absolute Gasteiger partial charge is 0.258 e. The Bertz CT molecular complexity index is 403. The lowest BCUT2D eigenvalue weighted by Crippen LogP contribution is -1.91. The van der Waals surface area contributed by atoms with E-state index in [1.54, 1.807) is 18.2 Å². The summed E-state index contributed by atoms with van der Waals surface area (Å²) in [5.74, 6) is 0.537. The molecular weight excluding hydrogens is 216 g/mol. The van der Waals surface area contributed by atoms with Crippen molar-refractivity contribution in [3.63, 3.8) is 0 Å². The SMILES string of the molecule is [N-]=[N+]=NCCSc1ccccc1[N+](=O)[O-]. The fourth-order valence-electron chi connectivity index (χ4n) is 0.971. The topological polar surface area (TPSA) is 91.9 Å². The summed E-state index contributed by atoms with van der Waals surface area (Å²) in [7, 11) is 0. The van der Waals surface area contributed by atoms with Crippen LogP contribution in [0.15, 0.2) is 34.3 Å². The second-order valence-electron chi connectivity index (χ2n) is 2.53. The molecule has 1 rings (SSSR count). The van der Waals surface area contributed by atoms with Crippen LogP contribution in [0.25, 0.3) is 10.4 Å². The first-order valence-corrected chi connectivity index (χ1v) is 5.11. The average molecular weight is 224 g/mol. The molecule has 0 aliphatic heterocycles. The summed E-state index contributed by atoms with van der Waals surface area (Å²) >= 11 is 1.31. The number of benzene rings is 1. The Labute approximate surface area is 90.1 Å². The van der Waals surface area contributed by atoms with Crippen LogP contribution in [0.1, 0.15) is 0 Å². The van der Waals surface area contributed by atoms with E-state index in [2.05, 4.69) is 10.0 Å². The van der Waals surface area contributed by atoms with Crippen LogP contribution in [0, 0.1) is 10.1 Å². The van der Waals surface area contributed by atoms with E-state index in [0.29, 0.717) is 17.2 Å². The maximum Gasteiger partial charge on any atom is 0.282 e. The number of rotatable bonds is 5. The molecule has 0 saturated carbocycles. The number of nitro benzene ring substituents is 1. The molecule has 0 atom stereocenters. The van der Waals surface area contributed by atoms with Crippen molar-refractivity contribution < 1.29 is 4.92 Å². The van der Waals surface area contributed by atoms with Crippen LogP contribution in [0.2, 0.25) is 0 Å². The lowest BCUT2D eigenvalue weighted by atomic mass is 10.3. The van der Waals surface area contributed by atoms with Gasteiger partial charge in [0.2, 0.25) is 0 Å². The van der Waals surface area contributed by atoms with Gasteiger partial charge in [-0.25, -0.2) is 0 Å². The van der Waals surface area contributed by atoms with Gasteiger partial charge in [-0.2, -0.15) is 0 Å². The molecule has 0 spiro atoms. The molecule has 78 valence electrons. The van der Waals surface area contributed by atoms with Crippen molar-refractivity contribution >= 4 is 17.4 Å². The first-order valence-electron chi connectivity index (χ1n) is 4.13. The Hall–Kier alpha value is -1.72. The molecule has 0 unspecified atom stereocenters. The van der Waals surface area contributed by atoms with Gasteiger partial charge in [-0.05, 0) is 11.6 Å². The molecule has 1 aromatic carbocycles. The molecule has 1 aromatic rings. The zero-order chi connectivity index (χ0) is 11.1. The predicted molar refractivity (Wildman–Crippen MR) is 57.8 cm³/mol. The maximum atomic E-state index is 10.6. The first-order chi connectivity index (χ1) is 7.25. The van der Waals surface area contributed by atoms with Gasteiger partial charge in [0.15, 0.2) is 0 Å². The van der Waals surface area contributed by atoms with E-state index in [1.807, 2.05) is 0 Å². The number of hydrogen-bond donors (Lipinski definition) is 0.